The van der Waals surface area contributed by atoms with Crippen LogP contribution in [0.2, 0.25) is 0 Å². The summed E-state index contributed by atoms with van der Waals surface area (Å²) in [5.74, 6) is -1.04. The minimum atomic E-state index is -4.50. The summed E-state index contributed by atoms with van der Waals surface area (Å²) in [5, 5.41) is 6.13. The summed E-state index contributed by atoms with van der Waals surface area (Å²) in [7, 11) is -3.94. The van der Waals surface area contributed by atoms with Crippen LogP contribution in [0, 0.1) is 0 Å². The highest BCUT2D eigenvalue weighted by atomic mass is 32.2. The Labute approximate surface area is 208 Å². The van der Waals surface area contributed by atoms with Crippen molar-refractivity contribution in [3.05, 3.63) is 95.8 Å². The van der Waals surface area contributed by atoms with Gasteiger partial charge in [-0.15, -0.1) is 0 Å². The molecule has 0 saturated carbocycles. The van der Waals surface area contributed by atoms with Gasteiger partial charge >= 0.3 is 6.18 Å². The molecule has 0 spiro atoms. The molecule has 0 aliphatic rings. The molecule has 192 valence electrons. The van der Waals surface area contributed by atoms with Crippen molar-refractivity contribution < 1.29 is 26.4 Å². The number of anilines is 1. The molecule has 36 heavy (non-hydrogen) atoms. The van der Waals surface area contributed by atoms with Gasteiger partial charge in [0.25, 0.3) is 0 Å². The Morgan fingerprint density at radius 1 is 0.917 bits per heavy atom. The zero-order chi connectivity index (χ0) is 26.0. The van der Waals surface area contributed by atoms with Gasteiger partial charge in [-0.1, -0.05) is 42.5 Å². The van der Waals surface area contributed by atoms with Crippen LogP contribution in [-0.2, 0) is 33.2 Å². The number of benzene rings is 2. The lowest BCUT2D eigenvalue weighted by molar-refractivity contribution is -0.137. The van der Waals surface area contributed by atoms with E-state index in [1.165, 1.54) is 0 Å². The first kappa shape index (κ1) is 27.2. The van der Waals surface area contributed by atoms with Crippen LogP contribution in [0.25, 0.3) is 0 Å². The van der Waals surface area contributed by atoms with Gasteiger partial charge in [-0.3, -0.25) is 9.78 Å². The van der Waals surface area contributed by atoms with Crippen molar-refractivity contribution in [3.8, 4) is 0 Å². The van der Waals surface area contributed by atoms with Crippen molar-refractivity contribution in [3.63, 3.8) is 0 Å². The molecule has 7 nitrogen and oxygen atoms in total. The van der Waals surface area contributed by atoms with E-state index in [-0.39, 0.29) is 11.6 Å². The van der Waals surface area contributed by atoms with E-state index in [1.807, 2.05) is 42.5 Å². The number of alkyl halides is 3. The van der Waals surface area contributed by atoms with Gasteiger partial charge in [0.15, 0.2) is 0 Å². The molecule has 2 aromatic carbocycles. The Balaban J connectivity index is 1.53. The average molecular weight is 521 g/mol. The number of rotatable bonds is 12. The highest BCUT2D eigenvalue weighted by Gasteiger charge is 2.30. The number of hydrogen-bond acceptors (Lipinski definition) is 5. The smallest absolute Gasteiger partial charge is 0.385 e. The molecular formula is C25H27F3N4O3S. The Hall–Kier alpha value is -3.44. The predicted octanol–water partition coefficient (Wildman–Crippen LogP) is 3.75. The standard InChI is InChI=1S/C25H27F3N4O3S/c26-25(27,28)21-8-6-20(7-9-21)18-36(34,35)31-17-24(33)32-23(16-19-4-2-1-3-5-19)12-15-30-22-10-13-29-14-11-22/h1-11,13-14,23,31H,12,15-18H2,(H,29,30)(H,32,33)/t23-/m1/s1. The summed E-state index contributed by atoms with van der Waals surface area (Å²) in [4.78, 5) is 16.5. The van der Waals surface area contributed by atoms with Crippen molar-refractivity contribution in [2.24, 2.45) is 0 Å². The molecule has 1 amide bonds. The Kier molecular flexibility index (Phi) is 9.43. The topological polar surface area (TPSA) is 100 Å². The number of carbonyl (C=O) groups excluding carboxylic acids is 1. The van der Waals surface area contributed by atoms with Gasteiger partial charge in [0, 0.05) is 30.7 Å². The van der Waals surface area contributed by atoms with Crippen molar-refractivity contribution in [1.82, 2.24) is 15.0 Å². The van der Waals surface area contributed by atoms with E-state index >= 15 is 0 Å². The molecule has 0 fully saturated rings. The number of sulfonamides is 1. The van der Waals surface area contributed by atoms with E-state index in [0.29, 0.717) is 19.4 Å². The largest absolute Gasteiger partial charge is 0.416 e. The number of amides is 1. The lowest BCUT2D eigenvalue weighted by Crippen LogP contribution is -2.43. The molecule has 0 saturated heterocycles. The second kappa shape index (κ2) is 12.5. The molecule has 11 heteroatoms. The number of halogens is 3. The van der Waals surface area contributed by atoms with Gasteiger partial charge in [0.2, 0.25) is 15.9 Å². The lowest BCUT2D eigenvalue weighted by atomic mass is 10.0. The van der Waals surface area contributed by atoms with Crippen LogP contribution in [0.3, 0.4) is 0 Å². The maximum Gasteiger partial charge on any atom is 0.416 e. The van der Waals surface area contributed by atoms with E-state index in [4.69, 9.17) is 0 Å². The molecule has 3 aromatic rings. The van der Waals surface area contributed by atoms with Crippen molar-refractivity contribution in [1.29, 1.82) is 0 Å². The third-order valence-electron chi connectivity index (χ3n) is 5.28. The first-order chi connectivity index (χ1) is 17.1. The molecule has 1 atom stereocenters. The summed E-state index contributed by atoms with van der Waals surface area (Å²) >= 11 is 0. The van der Waals surface area contributed by atoms with Gasteiger partial charge in [-0.25, -0.2) is 13.1 Å². The molecular weight excluding hydrogens is 493 g/mol. The van der Waals surface area contributed by atoms with Crippen LogP contribution < -0.4 is 15.4 Å². The normalized spacial score (nSPS) is 12.6. The predicted molar refractivity (Wildman–Crippen MR) is 131 cm³/mol. The number of nitrogens with zero attached hydrogens (tertiary/aromatic N) is 1. The van der Waals surface area contributed by atoms with Crippen LogP contribution >= 0.6 is 0 Å². The molecule has 3 rings (SSSR count). The zero-order valence-corrected chi connectivity index (χ0v) is 20.1. The van der Waals surface area contributed by atoms with E-state index in [0.717, 1.165) is 35.5 Å². The highest BCUT2D eigenvalue weighted by molar-refractivity contribution is 7.88. The monoisotopic (exact) mass is 520 g/mol. The van der Waals surface area contributed by atoms with Crippen LogP contribution in [0.1, 0.15) is 23.1 Å². The second-order valence-corrected chi connectivity index (χ2v) is 9.99. The highest BCUT2D eigenvalue weighted by Crippen LogP contribution is 2.29. The van der Waals surface area contributed by atoms with Crippen LogP contribution in [0.5, 0.6) is 0 Å². The molecule has 1 heterocycles. The third-order valence-corrected chi connectivity index (χ3v) is 6.58. The molecule has 3 N–H and O–H groups in total. The molecule has 0 radical (unpaired) electrons. The van der Waals surface area contributed by atoms with Gasteiger partial charge in [-0.2, -0.15) is 13.2 Å². The van der Waals surface area contributed by atoms with Crippen molar-refractivity contribution >= 4 is 21.6 Å². The van der Waals surface area contributed by atoms with Crippen LogP contribution in [0.15, 0.2) is 79.1 Å². The Bertz CT molecular complexity index is 1210. The fourth-order valence-corrected chi connectivity index (χ4v) is 4.58. The zero-order valence-electron chi connectivity index (χ0n) is 19.3. The van der Waals surface area contributed by atoms with Gasteiger partial charge in [0.05, 0.1) is 17.9 Å². The first-order valence-electron chi connectivity index (χ1n) is 11.2. The first-order valence-corrected chi connectivity index (χ1v) is 12.9. The maximum absolute atomic E-state index is 12.7. The summed E-state index contributed by atoms with van der Waals surface area (Å²) in [5.41, 5.74) is 1.24. The number of hydrogen-bond donors (Lipinski definition) is 3. The van der Waals surface area contributed by atoms with E-state index in [9.17, 15) is 26.4 Å². The lowest BCUT2D eigenvalue weighted by Gasteiger charge is -2.20. The number of aromatic nitrogens is 1. The SMILES string of the molecule is O=C(CNS(=O)(=O)Cc1ccc(C(F)(F)F)cc1)N[C@H](CCNc1ccncc1)Cc1ccccc1. The molecule has 0 aliphatic heterocycles. The number of pyridine rings is 1. The Morgan fingerprint density at radius 3 is 2.22 bits per heavy atom. The van der Waals surface area contributed by atoms with Crippen molar-refractivity contribution in [2.45, 2.75) is 30.8 Å². The van der Waals surface area contributed by atoms with Gasteiger partial charge < -0.3 is 10.6 Å². The number of carbonyl (C=O) groups is 1. The summed E-state index contributed by atoms with van der Waals surface area (Å²) in [6, 6.07) is 16.9. The fourth-order valence-electron chi connectivity index (χ4n) is 3.50. The van der Waals surface area contributed by atoms with E-state index < -0.39 is 40.0 Å². The average Bonchev–Trinajstić information content (AvgIpc) is 2.84. The van der Waals surface area contributed by atoms with E-state index in [2.05, 4.69) is 20.3 Å². The minimum Gasteiger partial charge on any atom is -0.385 e. The maximum atomic E-state index is 12.7. The summed E-state index contributed by atoms with van der Waals surface area (Å²) in [6.07, 6.45) is -0.0211. The molecule has 0 unspecified atom stereocenters. The summed E-state index contributed by atoms with van der Waals surface area (Å²) < 4.78 is 65.0. The van der Waals surface area contributed by atoms with Gasteiger partial charge in [0.1, 0.15) is 0 Å². The van der Waals surface area contributed by atoms with Crippen molar-refractivity contribution in [2.75, 3.05) is 18.4 Å². The minimum absolute atomic E-state index is 0.181. The van der Waals surface area contributed by atoms with Crippen LogP contribution in [0.4, 0.5) is 18.9 Å². The fraction of sp³-hybridized carbons (Fsp3) is 0.280. The number of nitrogens with one attached hydrogen (secondary N) is 3. The van der Waals surface area contributed by atoms with Gasteiger partial charge in [-0.05, 0) is 48.2 Å². The third kappa shape index (κ3) is 9.31. The summed E-state index contributed by atoms with van der Waals surface area (Å²) in [6.45, 7) is 0.0908. The van der Waals surface area contributed by atoms with Crippen LogP contribution in [-0.4, -0.2) is 38.4 Å². The quantitative estimate of drug-likeness (QED) is 0.338. The molecule has 0 aliphatic carbocycles. The molecule has 1 aromatic heterocycles. The Morgan fingerprint density at radius 2 is 1.58 bits per heavy atom. The van der Waals surface area contributed by atoms with E-state index in [1.54, 1.807) is 12.4 Å². The second-order valence-electron chi connectivity index (χ2n) is 8.18. The molecule has 0 bridgehead atoms.